The van der Waals surface area contributed by atoms with Crippen LogP contribution in [-0.2, 0) is 0 Å². The van der Waals surface area contributed by atoms with Crippen LogP contribution < -0.4 is 5.01 Å². The fourth-order valence-electron chi connectivity index (χ4n) is 1.40. The van der Waals surface area contributed by atoms with Crippen LogP contribution in [0.25, 0.3) is 0 Å². The third-order valence-corrected chi connectivity index (χ3v) is 3.09. The number of anilines is 1. The van der Waals surface area contributed by atoms with E-state index in [9.17, 15) is 4.91 Å². The zero-order valence-electron chi connectivity index (χ0n) is 7.36. The van der Waals surface area contributed by atoms with E-state index in [2.05, 4.69) is 11.4 Å². The fourth-order valence-corrected chi connectivity index (χ4v) is 2.36. The van der Waals surface area contributed by atoms with Crippen LogP contribution in [0.2, 0.25) is 0 Å². The number of nitroso groups, excluding NO2 is 1. The number of rotatable bonds is 1. The molecular formula is C9H10N2OS. The first-order valence-electron chi connectivity index (χ1n) is 4.15. The zero-order valence-corrected chi connectivity index (χ0v) is 8.17. The van der Waals surface area contributed by atoms with Gasteiger partial charge in [-0.3, -0.25) is 0 Å². The molecule has 0 saturated heterocycles. The summed E-state index contributed by atoms with van der Waals surface area (Å²) in [7, 11) is 0. The van der Waals surface area contributed by atoms with Gasteiger partial charge in [-0.15, -0.1) is 16.7 Å². The minimum Gasteiger partial charge on any atom is -0.227 e. The molecule has 1 aliphatic rings. The summed E-state index contributed by atoms with van der Waals surface area (Å²) < 4.78 is 0. The van der Waals surface area contributed by atoms with Gasteiger partial charge in [0, 0.05) is 10.6 Å². The molecule has 0 amide bonds. The topological polar surface area (TPSA) is 32.7 Å². The minimum absolute atomic E-state index is 0.713. The highest BCUT2D eigenvalue weighted by molar-refractivity contribution is 7.99. The van der Waals surface area contributed by atoms with Crippen LogP contribution in [0.1, 0.15) is 5.56 Å². The third-order valence-electron chi connectivity index (χ3n) is 2.05. The molecule has 68 valence electrons. The molecule has 1 aliphatic heterocycles. The number of benzene rings is 1. The first-order chi connectivity index (χ1) is 6.31. The fraction of sp³-hybridized carbons (Fsp3) is 0.333. The van der Waals surface area contributed by atoms with Crippen molar-refractivity contribution in [3.05, 3.63) is 28.7 Å². The lowest BCUT2D eigenvalue weighted by Crippen LogP contribution is -2.22. The molecule has 3 nitrogen and oxygen atoms in total. The van der Waals surface area contributed by atoms with Crippen molar-refractivity contribution in [1.82, 2.24) is 0 Å². The van der Waals surface area contributed by atoms with Gasteiger partial charge in [0.2, 0.25) is 0 Å². The lowest BCUT2D eigenvalue weighted by molar-refractivity contribution is 0.865. The van der Waals surface area contributed by atoms with Crippen molar-refractivity contribution >= 4 is 17.4 Å². The van der Waals surface area contributed by atoms with Gasteiger partial charge in [0.15, 0.2) is 0 Å². The second-order valence-electron chi connectivity index (χ2n) is 3.02. The van der Waals surface area contributed by atoms with Gasteiger partial charge in [0.05, 0.1) is 17.5 Å². The highest BCUT2D eigenvalue weighted by Gasteiger charge is 2.17. The highest BCUT2D eigenvalue weighted by atomic mass is 32.2. The molecule has 0 aromatic heterocycles. The molecule has 4 heteroatoms. The van der Waals surface area contributed by atoms with Crippen LogP contribution in [0.4, 0.5) is 5.69 Å². The average Bonchev–Trinajstić information content (AvgIpc) is 2.17. The Morgan fingerprint density at radius 1 is 1.54 bits per heavy atom. The number of thioether (sulfide) groups is 1. The molecule has 0 atom stereocenters. The lowest BCUT2D eigenvalue weighted by Gasteiger charge is -2.23. The van der Waals surface area contributed by atoms with Gasteiger partial charge in [-0.2, -0.15) is 0 Å². The van der Waals surface area contributed by atoms with Crippen molar-refractivity contribution in [3.8, 4) is 0 Å². The average molecular weight is 194 g/mol. The number of hydrogen-bond donors (Lipinski definition) is 0. The molecule has 0 N–H and O–H groups in total. The highest BCUT2D eigenvalue weighted by Crippen LogP contribution is 2.35. The summed E-state index contributed by atoms with van der Waals surface area (Å²) in [5.41, 5.74) is 2.11. The van der Waals surface area contributed by atoms with Crippen molar-refractivity contribution in [2.24, 2.45) is 5.29 Å². The van der Waals surface area contributed by atoms with E-state index in [-0.39, 0.29) is 0 Å². The molecule has 1 aromatic rings. The largest absolute Gasteiger partial charge is 0.227 e. The van der Waals surface area contributed by atoms with Crippen LogP contribution in [0.5, 0.6) is 0 Å². The first-order valence-corrected chi connectivity index (χ1v) is 5.14. The summed E-state index contributed by atoms with van der Waals surface area (Å²) in [4.78, 5) is 11.7. The quantitative estimate of drug-likeness (QED) is 0.644. The molecule has 1 heterocycles. The number of aryl methyl sites for hydroxylation is 1. The van der Waals surface area contributed by atoms with Crippen LogP contribution >= 0.6 is 11.8 Å². The van der Waals surface area contributed by atoms with Crippen molar-refractivity contribution < 1.29 is 0 Å². The maximum atomic E-state index is 10.5. The van der Waals surface area contributed by atoms with E-state index in [4.69, 9.17) is 0 Å². The molecule has 13 heavy (non-hydrogen) atoms. The Balaban J connectivity index is 2.47. The van der Waals surface area contributed by atoms with E-state index in [0.717, 1.165) is 21.9 Å². The van der Waals surface area contributed by atoms with Crippen molar-refractivity contribution in [3.63, 3.8) is 0 Å². The smallest absolute Gasteiger partial charge is 0.0764 e. The van der Waals surface area contributed by atoms with Crippen molar-refractivity contribution in [2.45, 2.75) is 11.8 Å². The second kappa shape index (κ2) is 3.38. The van der Waals surface area contributed by atoms with Gasteiger partial charge < -0.3 is 0 Å². The van der Waals surface area contributed by atoms with Gasteiger partial charge in [-0.25, -0.2) is 5.01 Å². The molecule has 0 spiro atoms. The Morgan fingerprint density at radius 3 is 3.15 bits per heavy atom. The molecule has 0 fully saturated rings. The third kappa shape index (κ3) is 1.54. The molecule has 0 unspecified atom stereocenters. The predicted octanol–water partition coefficient (Wildman–Crippen LogP) is 2.59. The van der Waals surface area contributed by atoms with E-state index in [1.807, 2.05) is 19.1 Å². The van der Waals surface area contributed by atoms with Crippen molar-refractivity contribution in [1.29, 1.82) is 0 Å². The summed E-state index contributed by atoms with van der Waals surface area (Å²) in [5, 5.41) is 4.53. The SMILES string of the molecule is Cc1ccc2c(c1)N(N=O)CCS2. The predicted molar refractivity (Wildman–Crippen MR) is 55.0 cm³/mol. The Labute approximate surface area is 81.1 Å². The van der Waals surface area contributed by atoms with Gasteiger partial charge in [0.25, 0.3) is 0 Å². The van der Waals surface area contributed by atoms with E-state index in [0.29, 0.717) is 6.54 Å². The van der Waals surface area contributed by atoms with Crippen LogP contribution in [0.3, 0.4) is 0 Å². The van der Waals surface area contributed by atoms with Crippen LogP contribution in [-0.4, -0.2) is 12.3 Å². The summed E-state index contributed by atoms with van der Waals surface area (Å²) >= 11 is 1.78. The Hall–Kier alpha value is -1.03. The number of fused-ring (bicyclic) bond motifs is 1. The van der Waals surface area contributed by atoms with Gasteiger partial charge in [-0.1, -0.05) is 6.07 Å². The Bertz CT molecular complexity index is 340. The van der Waals surface area contributed by atoms with Gasteiger partial charge in [-0.05, 0) is 24.6 Å². The second-order valence-corrected chi connectivity index (χ2v) is 4.16. The van der Waals surface area contributed by atoms with Crippen LogP contribution in [0.15, 0.2) is 28.4 Å². The Morgan fingerprint density at radius 2 is 2.38 bits per heavy atom. The summed E-state index contributed by atoms with van der Waals surface area (Å²) in [6.45, 7) is 2.73. The van der Waals surface area contributed by atoms with Crippen molar-refractivity contribution in [2.75, 3.05) is 17.3 Å². The minimum atomic E-state index is 0.713. The standard InChI is InChI=1S/C9H10N2OS/c1-7-2-3-9-8(6-7)11(10-12)4-5-13-9/h2-3,6H,4-5H2,1H3. The molecule has 1 aromatic carbocycles. The molecular weight excluding hydrogens is 184 g/mol. The molecule has 2 rings (SSSR count). The molecule has 0 radical (unpaired) electrons. The van der Waals surface area contributed by atoms with Gasteiger partial charge in [0.1, 0.15) is 0 Å². The summed E-state index contributed by atoms with van der Waals surface area (Å²) in [6, 6.07) is 6.11. The molecule has 0 saturated carbocycles. The molecule has 0 aliphatic carbocycles. The number of nitrogens with zero attached hydrogens (tertiary/aromatic N) is 2. The number of hydrogen-bond acceptors (Lipinski definition) is 3. The zero-order chi connectivity index (χ0) is 9.26. The van der Waals surface area contributed by atoms with Gasteiger partial charge >= 0.3 is 0 Å². The lowest BCUT2D eigenvalue weighted by atomic mass is 10.2. The maximum Gasteiger partial charge on any atom is 0.0764 e. The Kier molecular flexibility index (Phi) is 2.22. The monoisotopic (exact) mass is 194 g/mol. The van der Waals surface area contributed by atoms with E-state index >= 15 is 0 Å². The van der Waals surface area contributed by atoms with E-state index < -0.39 is 0 Å². The van der Waals surface area contributed by atoms with E-state index in [1.165, 1.54) is 5.01 Å². The van der Waals surface area contributed by atoms with Crippen LogP contribution in [0, 0.1) is 11.8 Å². The van der Waals surface area contributed by atoms with E-state index in [1.54, 1.807) is 11.8 Å². The molecule has 0 bridgehead atoms. The first kappa shape index (κ1) is 8.56. The summed E-state index contributed by atoms with van der Waals surface area (Å²) in [6.07, 6.45) is 0. The normalized spacial score (nSPS) is 15.3. The summed E-state index contributed by atoms with van der Waals surface area (Å²) in [5.74, 6) is 0.932. The maximum absolute atomic E-state index is 10.5.